The highest BCUT2D eigenvalue weighted by Gasteiger charge is 2.18. The van der Waals surface area contributed by atoms with Crippen molar-refractivity contribution in [3.63, 3.8) is 0 Å². The fraction of sp³-hybridized carbons (Fsp3) is 0.103. The van der Waals surface area contributed by atoms with Crippen LogP contribution in [0.4, 0.5) is 11.5 Å². The Morgan fingerprint density at radius 3 is 2.70 bits per heavy atom. The summed E-state index contributed by atoms with van der Waals surface area (Å²) in [4.78, 5) is 40.8. The number of anilines is 2. The molecule has 10 nitrogen and oxygen atoms in total. The highest BCUT2D eigenvalue weighted by atomic mass is 32.1. The normalized spacial score (nSPS) is 11.3. The molecule has 202 valence electrons. The van der Waals surface area contributed by atoms with Gasteiger partial charge in [0.05, 0.1) is 19.3 Å². The molecule has 11 heteroatoms. The van der Waals surface area contributed by atoms with Gasteiger partial charge in [-0.2, -0.15) is 0 Å². The minimum atomic E-state index is -0.581. The van der Waals surface area contributed by atoms with Crippen molar-refractivity contribution in [3.05, 3.63) is 77.4 Å². The van der Waals surface area contributed by atoms with Crippen molar-refractivity contribution in [2.24, 2.45) is 12.8 Å². The van der Waals surface area contributed by atoms with Gasteiger partial charge in [0.2, 0.25) is 5.91 Å². The lowest BCUT2D eigenvalue weighted by atomic mass is 10.0. The molecular formula is C29H26N6O4S. The fourth-order valence-corrected chi connectivity index (χ4v) is 5.55. The van der Waals surface area contributed by atoms with Crippen LogP contribution in [0.25, 0.3) is 38.2 Å². The number of carbonyl (C=O) groups is 3. The summed E-state index contributed by atoms with van der Waals surface area (Å²) >= 11 is 1.45. The number of pyridine rings is 1. The van der Waals surface area contributed by atoms with Crippen LogP contribution in [0.3, 0.4) is 0 Å². The zero-order chi connectivity index (χ0) is 28.4. The van der Waals surface area contributed by atoms with Crippen molar-refractivity contribution in [1.82, 2.24) is 14.9 Å². The van der Waals surface area contributed by atoms with Crippen LogP contribution in [0, 0.1) is 0 Å². The number of carbonyl (C=O) groups excluding carboxylic acids is 3. The molecule has 0 unspecified atom stereocenters. The number of benzene rings is 2. The summed E-state index contributed by atoms with van der Waals surface area (Å²) in [6.45, 7) is -0.281. The molecule has 0 saturated carbocycles. The minimum absolute atomic E-state index is 0.257. The van der Waals surface area contributed by atoms with E-state index in [1.807, 2.05) is 59.5 Å². The fourth-order valence-electron chi connectivity index (χ4n) is 4.47. The standard InChI is InChI=1S/C29H26N6O4S/c1-35-21-6-4-3-5-17(21)11-22(35)29(38)33-20-9-7-16(12-23(20)39-2)19-15-40-27-18(14-32-28(31)26(19)27)8-10-24(36)34-25(37)13-30/h3-12,14-15H,13,30H2,1-2H3,(H2,31,32)(H,33,38)(H,34,36,37). The first-order valence-electron chi connectivity index (χ1n) is 12.2. The number of aryl methyl sites for hydroxylation is 1. The van der Waals surface area contributed by atoms with Gasteiger partial charge in [0, 0.05) is 51.4 Å². The zero-order valence-electron chi connectivity index (χ0n) is 21.7. The topological polar surface area (TPSA) is 154 Å². The molecule has 0 radical (unpaired) electrons. The predicted octanol–water partition coefficient (Wildman–Crippen LogP) is 3.91. The van der Waals surface area contributed by atoms with E-state index in [0.717, 1.165) is 32.1 Å². The first-order valence-corrected chi connectivity index (χ1v) is 13.1. The maximum atomic E-state index is 13.2. The summed E-state index contributed by atoms with van der Waals surface area (Å²) in [6.07, 6.45) is 4.38. The van der Waals surface area contributed by atoms with E-state index in [1.54, 1.807) is 18.3 Å². The van der Waals surface area contributed by atoms with E-state index in [-0.39, 0.29) is 12.5 Å². The maximum absolute atomic E-state index is 13.2. The third-order valence-electron chi connectivity index (χ3n) is 6.46. The molecule has 0 aliphatic carbocycles. The molecule has 3 aromatic heterocycles. The second kappa shape index (κ2) is 11.0. The van der Waals surface area contributed by atoms with Crippen molar-refractivity contribution >= 4 is 67.6 Å². The Labute approximate surface area is 233 Å². The Balaban J connectivity index is 1.45. The summed E-state index contributed by atoms with van der Waals surface area (Å²) < 4.78 is 8.30. The molecule has 2 aromatic carbocycles. The van der Waals surface area contributed by atoms with Gasteiger partial charge in [0.15, 0.2) is 0 Å². The molecule has 40 heavy (non-hydrogen) atoms. The SMILES string of the molecule is COc1cc(-c2csc3c(C=CC(=O)NC(=O)CN)cnc(N)c23)ccc1NC(=O)c1cc2ccccc2n1C. The molecule has 6 N–H and O–H groups in total. The summed E-state index contributed by atoms with van der Waals surface area (Å²) in [7, 11) is 3.39. The van der Waals surface area contributed by atoms with Crippen molar-refractivity contribution in [2.45, 2.75) is 0 Å². The first-order chi connectivity index (χ1) is 19.3. The Morgan fingerprint density at radius 1 is 1.15 bits per heavy atom. The monoisotopic (exact) mass is 554 g/mol. The number of hydrogen-bond donors (Lipinski definition) is 4. The van der Waals surface area contributed by atoms with Crippen LogP contribution in [0.1, 0.15) is 16.1 Å². The highest BCUT2D eigenvalue weighted by Crippen LogP contribution is 2.41. The van der Waals surface area contributed by atoms with Crippen LogP contribution in [0.5, 0.6) is 5.75 Å². The largest absolute Gasteiger partial charge is 0.495 e. The van der Waals surface area contributed by atoms with E-state index >= 15 is 0 Å². The number of nitrogen functional groups attached to an aromatic ring is 1. The summed E-state index contributed by atoms with van der Waals surface area (Å²) in [5.41, 5.74) is 15.8. The number of ether oxygens (including phenoxy) is 1. The summed E-state index contributed by atoms with van der Waals surface area (Å²) in [6, 6.07) is 15.1. The number of methoxy groups -OCH3 is 1. The molecule has 0 atom stereocenters. The third-order valence-corrected chi connectivity index (χ3v) is 7.49. The van der Waals surface area contributed by atoms with Gasteiger partial charge in [0.1, 0.15) is 17.3 Å². The van der Waals surface area contributed by atoms with Crippen molar-refractivity contribution in [3.8, 4) is 16.9 Å². The number of nitrogens with one attached hydrogen (secondary N) is 2. The molecule has 0 aliphatic rings. The summed E-state index contributed by atoms with van der Waals surface area (Å²) in [5.74, 6) is -0.596. The Hall–Kier alpha value is -5.00. The van der Waals surface area contributed by atoms with Crippen LogP contribution in [-0.2, 0) is 16.6 Å². The second-order valence-electron chi connectivity index (χ2n) is 8.92. The van der Waals surface area contributed by atoms with E-state index in [2.05, 4.69) is 15.6 Å². The lowest BCUT2D eigenvalue weighted by molar-refractivity contribution is -0.127. The number of aromatic nitrogens is 2. The number of imide groups is 1. The van der Waals surface area contributed by atoms with Gasteiger partial charge in [-0.25, -0.2) is 4.98 Å². The predicted molar refractivity (Wildman–Crippen MR) is 158 cm³/mol. The number of amides is 3. The van der Waals surface area contributed by atoms with Gasteiger partial charge in [-0.3, -0.25) is 19.7 Å². The van der Waals surface area contributed by atoms with Gasteiger partial charge < -0.3 is 26.1 Å². The van der Waals surface area contributed by atoms with E-state index in [9.17, 15) is 14.4 Å². The number of hydrogen-bond acceptors (Lipinski definition) is 8. The van der Waals surface area contributed by atoms with Gasteiger partial charge >= 0.3 is 0 Å². The molecule has 5 aromatic rings. The van der Waals surface area contributed by atoms with Crippen LogP contribution in [0.2, 0.25) is 0 Å². The lowest BCUT2D eigenvalue weighted by Crippen LogP contribution is -2.34. The lowest BCUT2D eigenvalue weighted by Gasteiger charge is -2.13. The Morgan fingerprint density at radius 2 is 1.95 bits per heavy atom. The van der Waals surface area contributed by atoms with Gasteiger partial charge in [0.25, 0.3) is 11.8 Å². The van der Waals surface area contributed by atoms with Crippen molar-refractivity contribution < 1.29 is 19.1 Å². The van der Waals surface area contributed by atoms with Crippen LogP contribution >= 0.6 is 11.3 Å². The molecule has 0 bridgehead atoms. The van der Waals surface area contributed by atoms with Gasteiger partial charge in [-0.1, -0.05) is 24.3 Å². The van der Waals surface area contributed by atoms with Crippen LogP contribution in [-0.4, -0.2) is 40.9 Å². The Bertz CT molecular complexity index is 1820. The molecular weight excluding hydrogens is 528 g/mol. The smallest absolute Gasteiger partial charge is 0.272 e. The number of thiophene rings is 1. The molecule has 0 saturated heterocycles. The number of rotatable bonds is 7. The average Bonchev–Trinajstić information content (AvgIpc) is 3.55. The van der Waals surface area contributed by atoms with E-state index < -0.39 is 11.8 Å². The van der Waals surface area contributed by atoms with E-state index in [4.69, 9.17) is 16.2 Å². The second-order valence-corrected chi connectivity index (χ2v) is 9.80. The van der Waals surface area contributed by atoms with Gasteiger partial charge in [-0.05, 0) is 41.3 Å². The molecule has 3 heterocycles. The Kier molecular flexibility index (Phi) is 7.32. The summed E-state index contributed by atoms with van der Waals surface area (Å²) in [5, 5.41) is 8.77. The first kappa shape index (κ1) is 26.6. The van der Waals surface area contributed by atoms with Crippen LogP contribution < -0.4 is 26.8 Å². The van der Waals surface area contributed by atoms with E-state index in [0.29, 0.717) is 28.5 Å². The number of nitrogens with zero attached hydrogens (tertiary/aromatic N) is 2. The van der Waals surface area contributed by atoms with E-state index in [1.165, 1.54) is 24.5 Å². The highest BCUT2D eigenvalue weighted by molar-refractivity contribution is 7.18. The number of fused-ring (bicyclic) bond motifs is 2. The average molecular weight is 555 g/mol. The third kappa shape index (κ3) is 5.03. The van der Waals surface area contributed by atoms with Crippen LogP contribution in [0.15, 0.2) is 66.2 Å². The molecule has 3 amide bonds. The zero-order valence-corrected chi connectivity index (χ0v) is 22.5. The molecule has 5 rings (SSSR count). The molecule has 0 aliphatic heterocycles. The number of nitrogens with two attached hydrogens (primary N) is 2. The quantitative estimate of drug-likeness (QED) is 0.222. The maximum Gasteiger partial charge on any atom is 0.272 e. The molecule has 0 spiro atoms. The van der Waals surface area contributed by atoms with Crippen molar-refractivity contribution in [1.29, 1.82) is 0 Å². The van der Waals surface area contributed by atoms with Gasteiger partial charge in [-0.15, -0.1) is 11.3 Å². The van der Waals surface area contributed by atoms with Crippen molar-refractivity contribution in [2.75, 3.05) is 24.7 Å². The minimum Gasteiger partial charge on any atom is -0.495 e. The molecule has 0 fully saturated rings. The number of para-hydroxylation sites is 1.